The minimum Gasteiger partial charge on any atom is -0.485 e. The molecule has 0 radical (unpaired) electrons. The lowest BCUT2D eigenvalue weighted by atomic mass is 9.49. The maximum atomic E-state index is 13.7. The smallest absolute Gasteiger partial charge is 0.181 e. The van der Waals surface area contributed by atoms with Crippen molar-refractivity contribution in [2.24, 2.45) is 0 Å². The van der Waals surface area contributed by atoms with E-state index < -0.39 is 0 Å². The van der Waals surface area contributed by atoms with Gasteiger partial charge in [0.2, 0.25) is 0 Å². The molecule has 0 bridgehead atoms. The Labute approximate surface area is 107 Å². The fourth-order valence-electron chi connectivity index (χ4n) is 1.53. The van der Waals surface area contributed by atoms with E-state index >= 15 is 0 Å². The van der Waals surface area contributed by atoms with E-state index in [1.807, 2.05) is 13.6 Å². The number of aromatic nitrogens is 1. The van der Waals surface area contributed by atoms with Gasteiger partial charge in [-0.2, -0.15) is 0 Å². The van der Waals surface area contributed by atoms with Gasteiger partial charge in [0, 0.05) is 6.07 Å². The van der Waals surface area contributed by atoms with E-state index in [-0.39, 0.29) is 26.6 Å². The van der Waals surface area contributed by atoms with Crippen LogP contribution < -0.4 is 10.2 Å². The van der Waals surface area contributed by atoms with Crippen molar-refractivity contribution in [2.45, 2.75) is 27.7 Å². The number of nitrogens with zero attached hydrogens (tertiary/aromatic N) is 1. The number of halogens is 1. The van der Waals surface area contributed by atoms with Crippen molar-refractivity contribution in [3.63, 3.8) is 0 Å². The van der Waals surface area contributed by atoms with Crippen LogP contribution in [0.3, 0.4) is 0 Å². The zero-order valence-corrected chi connectivity index (χ0v) is 9.81. The summed E-state index contributed by atoms with van der Waals surface area (Å²) in [5.41, 5.74) is 0.692. The lowest BCUT2D eigenvalue weighted by molar-refractivity contribution is 0.269. The average Bonchev–Trinajstić information content (AvgIpc) is 2.78. The molecule has 18 heavy (non-hydrogen) atoms. The predicted molar refractivity (Wildman–Crippen MR) is 71.1 cm³/mol. The van der Waals surface area contributed by atoms with Gasteiger partial charge in [-0.25, -0.2) is 9.37 Å². The highest BCUT2D eigenvalue weighted by Crippen LogP contribution is 2.13. The molecule has 1 heterocycles. The van der Waals surface area contributed by atoms with Crippen LogP contribution in [0.4, 0.5) is 4.39 Å². The number of rotatable bonds is 4. The van der Waals surface area contributed by atoms with Gasteiger partial charge in [-0.3, -0.25) is 0 Å². The standard InChI is InChI=1S/C12H13BFNO2.CH4/c1-13(2)11-4-3-9(5-12(11)14)16-7-10-6-15-8-17-10;/h3-6,8H,7H2,1-2H3;1H4. The average molecular weight is 249 g/mol. The molecule has 0 saturated heterocycles. The summed E-state index contributed by atoms with van der Waals surface area (Å²) in [6.07, 6.45) is 2.90. The molecule has 1 aromatic carbocycles. The van der Waals surface area contributed by atoms with Crippen molar-refractivity contribution >= 4 is 12.2 Å². The van der Waals surface area contributed by atoms with Crippen molar-refractivity contribution in [2.75, 3.05) is 0 Å². The molecule has 0 aliphatic heterocycles. The molecule has 0 N–H and O–H groups in total. The summed E-state index contributed by atoms with van der Waals surface area (Å²) < 4.78 is 24.1. The van der Waals surface area contributed by atoms with Gasteiger partial charge in [-0.05, 0) is 11.5 Å². The third-order valence-corrected chi connectivity index (χ3v) is 2.46. The Hall–Kier alpha value is -1.78. The first-order chi connectivity index (χ1) is 8.16. The lowest BCUT2D eigenvalue weighted by Gasteiger charge is -2.08. The summed E-state index contributed by atoms with van der Waals surface area (Å²) >= 11 is 0. The first kappa shape index (κ1) is 14.3. The van der Waals surface area contributed by atoms with Crippen LogP contribution in [0.1, 0.15) is 13.2 Å². The molecule has 3 nitrogen and oxygen atoms in total. The second kappa shape index (κ2) is 6.24. The Morgan fingerprint density at radius 1 is 1.39 bits per heavy atom. The molecule has 0 aliphatic rings. The minimum atomic E-state index is -0.241. The molecule has 0 aliphatic carbocycles. The number of ether oxygens (including phenoxy) is 1. The Balaban J connectivity index is 0.00000162. The van der Waals surface area contributed by atoms with Gasteiger partial charge < -0.3 is 9.15 Å². The quantitative estimate of drug-likeness (QED) is 0.781. The van der Waals surface area contributed by atoms with Crippen LogP contribution in [-0.2, 0) is 6.61 Å². The SMILES string of the molecule is C.CB(C)c1ccc(OCc2cnco2)cc1F. The molecule has 5 heteroatoms. The van der Waals surface area contributed by atoms with Gasteiger partial charge in [0.25, 0.3) is 0 Å². The molecule has 0 spiro atoms. The van der Waals surface area contributed by atoms with Gasteiger partial charge in [-0.1, -0.05) is 27.1 Å². The maximum absolute atomic E-state index is 13.7. The minimum absolute atomic E-state index is 0. The van der Waals surface area contributed by atoms with Crippen LogP contribution in [0.15, 0.2) is 35.2 Å². The highest BCUT2D eigenvalue weighted by atomic mass is 19.1. The van der Waals surface area contributed by atoms with E-state index in [1.165, 1.54) is 12.5 Å². The highest BCUT2D eigenvalue weighted by Gasteiger charge is 2.10. The topological polar surface area (TPSA) is 35.3 Å². The van der Waals surface area contributed by atoms with Crippen LogP contribution >= 0.6 is 0 Å². The van der Waals surface area contributed by atoms with E-state index in [0.29, 0.717) is 17.0 Å². The Morgan fingerprint density at radius 2 is 2.17 bits per heavy atom. The summed E-state index contributed by atoms with van der Waals surface area (Å²) in [6, 6.07) is 4.90. The van der Waals surface area contributed by atoms with E-state index in [4.69, 9.17) is 9.15 Å². The molecule has 0 atom stereocenters. The van der Waals surface area contributed by atoms with Gasteiger partial charge in [0.05, 0.1) is 6.20 Å². The molecule has 96 valence electrons. The molecular weight excluding hydrogens is 232 g/mol. The zero-order chi connectivity index (χ0) is 12.3. The Morgan fingerprint density at radius 3 is 2.72 bits per heavy atom. The summed E-state index contributed by atoms with van der Waals surface area (Å²) in [7, 11) is 0. The highest BCUT2D eigenvalue weighted by molar-refractivity contribution is 6.70. The third-order valence-electron chi connectivity index (χ3n) is 2.46. The van der Waals surface area contributed by atoms with Crippen molar-refractivity contribution < 1.29 is 13.5 Å². The zero-order valence-electron chi connectivity index (χ0n) is 9.81. The van der Waals surface area contributed by atoms with Crippen molar-refractivity contribution in [3.05, 3.63) is 42.4 Å². The molecule has 1 aromatic heterocycles. The molecule has 2 rings (SSSR count). The van der Waals surface area contributed by atoms with Crippen LogP contribution in [0.2, 0.25) is 13.6 Å². The van der Waals surface area contributed by atoms with Crippen molar-refractivity contribution in [3.8, 4) is 5.75 Å². The number of hydrogen-bond acceptors (Lipinski definition) is 3. The lowest BCUT2D eigenvalue weighted by Crippen LogP contribution is -2.25. The van der Waals surface area contributed by atoms with E-state index in [0.717, 1.165) is 0 Å². The van der Waals surface area contributed by atoms with Gasteiger partial charge >= 0.3 is 0 Å². The second-order valence-corrected chi connectivity index (χ2v) is 4.09. The number of benzene rings is 1. The fourth-order valence-corrected chi connectivity index (χ4v) is 1.53. The summed E-state index contributed by atoms with van der Waals surface area (Å²) in [5.74, 6) is 0.858. The first-order valence-electron chi connectivity index (χ1n) is 5.46. The van der Waals surface area contributed by atoms with E-state index in [2.05, 4.69) is 4.98 Å². The molecule has 0 amide bonds. The van der Waals surface area contributed by atoms with Crippen LogP contribution in [0, 0.1) is 5.82 Å². The van der Waals surface area contributed by atoms with Crippen LogP contribution in [0.25, 0.3) is 0 Å². The maximum Gasteiger partial charge on any atom is 0.181 e. The second-order valence-electron chi connectivity index (χ2n) is 4.09. The van der Waals surface area contributed by atoms with E-state index in [1.54, 1.807) is 18.3 Å². The van der Waals surface area contributed by atoms with Gasteiger partial charge in [0.15, 0.2) is 18.9 Å². The molecule has 2 aromatic rings. The van der Waals surface area contributed by atoms with Gasteiger partial charge in [-0.15, -0.1) is 0 Å². The fraction of sp³-hybridized carbons (Fsp3) is 0.308. The summed E-state index contributed by atoms with van der Waals surface area (Å²) in [6.45, 7) is 4.32. The van der Waals surface area contributed by atoms with Crippen LogP contribution in [-0.4, -0.2) is 11.7 Å². The first-order valence-corrected chi connectivity index (χ1v) is 5.46. The van der Waals surface area contributed by atoms with Crippen molar-refractivity contribution in [1.82, 2.24) is 4.98 Å². The number of hydrogen-bond donors (Lipinski definition) is 0. The predicted octanol–water partition coefficient (Wildman–Crippen LogP) is 2.99. The largest absolute Gasteiger partial charge is 0.485 e. The number of oxazole rings is 1. The molecular formula is C13H17BFNO2. The summed E-state index contributed by atoms with van der Waals surface area (Å²) in [5, 5.41) is 0. The molecule has 0 unspecified atom stereocenters. The Kier molecular flexibility index (Phi) is 4.95. The van der Waals surface area contributed by atoms with Gasteiger partial charge in [0.1, 0.15) is 18.2 Å². The van der Waals surface area contributed by atoms with E-state index in [9.17, 15) is 4.39 Å². The summed E-state index contributed by atoms with van der Waals surface area (Å²) in [4.78, 5) is 3.77. The molecule has 0 fully saturated rings. The van der Waals surface area contributed by atoms with Crippen molar-refractivity contribution in [1.29, 1.82) is 0 Å². The van der Waals surface area contributed by atoms with Crippen LogP contribution in [0.5, 0.6) is 5.75 Å². The normalized spacial score (nSPS) is 9.72. The Bertz CT molecular complexity index is 486. The third kappa shape index (κ3) is 3.36. The molecule has 0 saturated carbocycles. The monoisotopic (exact) mass is 249 g/mol.